The number of rotatable bonds is 8. The summed E-state index contributed by atoms with van der Waals surface area (Å²) in [5.41, 5.74) is 11.0. The molecular formula is C58H36N6O. The first-order chi connectivity index (χ1) is 32.2. The molecule has 12 aromatic rings. The van der Waals surface area contributed by atoms with Crippen molar-refractivity contribution in [3.63, 3.8) is 0 Å². The zero-order valence-corrected chi connectivity index (χ0v) is 34.9. The van der Waals surface area contributed by atoms with Gasteiger partial charge in [-0.25, -0.2) is 29.9 Å². The van der Waals surface area contributed by atoms with Crippen LogP contribution in [-0.4, -0.2) is 29.9 Å². The molecule has 304 valence electrons. The Labute approximate surface area is 374 Å². The highest BCUT2D eigenvalue weighted by Crippen LogP contribution is 2.41. The van der Waals surface area contributed by atoms with Crippen LogP contribution in [0.3, 0.4) is 0 Å². The van der Waals surface area contributed by atoms with Crippen LogP contribution >= 0.6 is 0 Å². The van der Waals surface area contributed by atoms with Gasteiger partial charge in [0.2, 0.25) is 0 Å². The lowest BCUT2D eigenvalue weighted by Crippen LogP contribution is -2.01. The molecule has 3 aromatic heterocycles. The Morgan fingerprint density at radius 3 is 1.34 bits per heavy atom. The van der Waals surface area contributed by atoms with Crippen molar-refractivity contribution in [1.82, 2.24) is 29.9 Å². The van der Waals surface area contributed by atoms with Crippen molar-refractivity contribution >= 4 is 32.7 Å². The fraction of sp³-hybridized carbons (Fsp3) is 0. The van der Waals surface area contributed by atoms with Crippen molar-refractivity contribution in [2.24, 2.45) is 0 Å². The quantitative estimate of drug-likeness (QED) is 0.151. The third-order valence-corrected chi connectivity index (χ3v) is 11.8. The maximum absolute atomic E-state index is 6.67. The molecule has 0 aliphatic carbocycles. The number of fused-ring (bicyclic) bond motifs is 4. The van der Waals surface area contributed by atoms with Gasteiger partial charge in [0.1, 0.15) is 11.2 Å². The normalized spacial score (nSPS) is 11.4. The van der Waals surface area contributed by atoms with Gasteiger partial charge in [-0.1, -0.05) is 200 Å². The number of hydrogen-bond donors (Lipinski definition) is 0. The lowest BCUT2D eigenvalue weighted by molar-refractivity contribution is 0.670. The number of hydrogen-bond acceptors (Lipinski definition) is 7. The zero-order chi connectivity index (χ0) is 43.1. The summed E-state index contributed by atoms with van der Waals surface area (Å²) in [5.74, 6) is 3.54. The van der Waals surface area contributed by atoms with Gasteiger partial charge in [0.15, 0.2) is 34.9 Å². The lowest BCUT2D eigenvalue weighted by Gasteiger charge is -2.13. The van der Waals surface area contributed by atoms with Gasteiger partial charge >= 0.3 is 0 Å². The molecule has 12 rings (SSSR count). The average molecular weight is 833 g/mol. The van der Waals surface area contributed by atoms with E-state index in [1.807, 2.05) is 109 Å². The van der Waals surface area contributed by atoms with Gasteiger partial charge in [-0.15, -0.1) is 0 Å². The molecular weight excluding hydrogens is 797 g/mol. The van der Waals surface area contributed by atoms with E-state index in [-0.39, 0.29) is 0 Å². The van der Waals surface area contributed by atoms with Crippen LogP contribution in [0.15, 0.2) is 223 Å². The standard InChI is InChI=1S/C58H36N6O/c1-4-17-37(18-5-1)44-26-12-13-28-47(44)57-61-53(40-20-6-2-7-21-40)59-55(63-57)42-33-31-39(32-34-42)49-35-43(36-50-46-27-14-15-30-51(46)65-52(49)50)56-60-54(41-22-8-3-9-23-41)62-58(64-56)48-29-16-24-38-19-10-11-25-45(38)48/h1-36H. The van der Waals surface area contributed by atoms with Crippen LogP contribution in [0.2, 0.25) is 0 Å². The maximum atomic E-state index is 6.67. The molecule has 0 saturated carbocycles. The second-order valence-electron chi connectivity index (χ2n) is 15.9. The predicted molar refractivity (Wildman–Crippen MR) is 261 cm³/mol. The fourth-order valence-electron chi connectivity index (χ4n) is 8.62. The molecule has 7 heteroatoms. The average Bonchev–Trinajstić information content (AvgIpc) is 3.77. The van der Waals surface area contributed by atoms with Crippen LogP contribution in [0.4, 0.5) is 0 Å². The van der Waals surface area contributed by atoms with E-state index in [0.717, 1.165) is 88.3 Å². The van der Waals surface area contributed by atoms with Gasteiger partial charge in [-0.05, 0) is 45.7 Å². The largest absolute Gasteiger partial charge is 0.455 e. The maximum Gasteiger partial charge on any atom is 0.164 e. The summed E-state index contributed by atoms with van der Waals surface area (Å²) in [4.78, 5) is 30.7. The van der Waals surface area contributed by atoms with Gasteiger partial charge in [0.05, 0.1) is 0 Å². The van der Waals surface area contributed by atoms with Crippen molar-refractivity contribution in [2.45, 2.75) is 0 Å². The Balaban J connectivity index is 1.02. The first kappa shape index (κ1) is 37.8. The minimum atomic E-state index is 0.564. The molecule has 65 heavy (non-hydrogen) atoms. The van der Waals surface area contributed by atoms with E-state index in [2.05, 4.69) is 109 Å². The van der Waals surface area contributed by atoms with Crippen LogP contribution in [-0.2, 0) is 0 Å². The Bertz CT molecular complexity index is 3700. The number of benzene rings is 9. The summed E-state index contributed by atoms with van der Waals surface area (Å²) in [5, 5.41) is 4.17. The van der Waals surface area contributed by atoms with Crippen LogP contribution < -0.4 is 0 Å². The molecule has 0 aliphatic rings. The molecule has 7 nitrogen and oxygen atoms in total. The fourth-order valence-corrected chi connectivity index (χ4v) is 8.62. The number of furan rings is 1. The summed E-state index contributed by atoms with van der Waals surface area (Å²) in [6.07, 6.45) is 0. The lowest BCUT2D eigenvalue weighted by atomic mass is 9.97. The van der Waals surface area contributed by atoms with Crippen molar-refractivity contribution in [3.8, 4) is 90.6 Å². The first-order valence-corrected chi connectivity index (χ1v) is 21.5. The molecule has 0 radical (unpaired) electrons. The Morgan fingerprint density at radius 2 is 0.677 bits per heavy atom. The second-order valence-corrected chi connectivity index (χ2v) is 15.9. The molecule has 0 amide bonds. The van der Waals surface area contributed by atoms with E-state index in [0.29, 0.717) is 34.9 Å². The van der Waals surface area contributed by atoms with Crippen LogP contribution in [0.25, 0.3) is 123 Å². The summed E-state index contributed by atoms with van der Waals surface area (Å²) in [6, 6.07) is 74.1. The van der Waals surface area contributed by atoms with Crippen molar-refractivity contribution in [3.05, 3.63) is 218 Å². The Hall–Kier alpha value is -8.94. The predicted octanol–water partition coefficient (Wildman–Crippen LogP) is 14.4. The molecule has 0 unspecified atom stereocenters. The molecule has 0 aliphatic heterocycles. The number of aromatic nitrogens is 6. The highest BCUT2D eigenvalue weighted by molar-refractivity contribution is 6.11. The number of nitrogens with zero attached hydrogens (tertiary/aromatic N) is 6. The third-order valence-electron chi connectivity index (χ3n) is 11.8. The molecule has 3 heterocycles. The molecule has 9 aromatic carbocycles. The molecule has 0 N–H and O–H groups in total. The minimum absolute atomic E-state index is 0.564. The SMILES string of the molecule is c1ccc(-c2nc(-c3ccc(-c4cc(-c5nc(-c6ccccc6)nc(-c6cccc7ccccc67)n5)cc5c4oc4ccccc45)cc3)nc(-c3ccccc3-c3ccccc3)n2)cc1. The second kappa shape index (κ2) is 16.1. The Morgan fingerprint density at radius 1 is 0.246 bits per heavy atom. The van der Waals surface area contributed by atoms with Crippen LogP contribution in [0.5, 0.6) is 0 Å². The van der Waals surface area contributed by atoms with Gasteiger partial charge < -0.3 is 4.42 Å². The molecule has 0 saturated heterocycles. The molecule has 0 spiro atoms. The summed E-state index contributed by atoms with van der Waals surface area (Å²) < 4.78 is 6.67. The Kier molecular flexibility index (Phi) is 9.34. The van der Waals surface area contributed by atoms with Gasteiger partial charge in [-0.2, -0.15) is 0 Å². The molecule has 0 atom stereocenters. The highest BCUT2D eigenvalue weighted by atomic mass is 16.3. The van der Waals surface area contributed by atoms with E-state index < -0.39 is 0 Å². The van der Waals surface area contributed by atoms with Gasteiger partial charge in [-0.3, -0.25) is 0 Å². The van der Waals surface area contributed by atoms with Gasteiger partial charge in [0, 0.05) is 49.7 Å². The topological polar surface area (TPSA) is 90.5 Å². The van der Waals surface area contributed by atoms with E-state index >= 15 is 0 Å². The minimum Gasteiger partial charge on any atom is -0.455 e. The summed E-state index contributed by atoms with van der Waals surface area (Å²) in [6.45, 7) is 0. The van der Waals surface area contributed by atoms with Crippen molar-refractivity contribution in [1.29, 1.82) is 0 Å². The third kappa shape index (κ3) is 7.07. The zero-order valence-electron chi connectivity index (χ0n) is 34.9. The van der Waals surface area contributed by atoms with Gasteiger partial charge in [0.25, 0.3) is 0 Å². The van der Waals surface area contributed by atoms with E-state index in [1.54, 1.807) is 0 Å². The van der Waals surface area contributed by atoms with E-state index in [1.165, 1.54) is 0 Å². The van der Waals surface area contributed by atoms with Crippen LogP contribution in [0, 0.1) is 0 Å². The molecule has 0 fully saturated rings. The van der Waals surface area contributed by atoms with Crippen molar-refractivity contribution < 1.29 is 4.42 Å². The highest BCUT2D eigenvalue weighted by Gasteiger charge is 2.21. The summed E-state index contributed by atoms with van der Waals surface area (Å²) in [7, 11) is 0. The monoisotopic (exact) mass is 832 g/mol. The van der Waals surface area contributed by atoms with E-state index in [4.69, 9.17) is 34.3 Å². The summed E-state index contributed by atoms with van der Waals surface area (Å²) >= 11 is 0. The first-order valence-electron chi connectivity index (χ1n) is 21.5. The van der Waals surface area contributed by atoms with Crippen LogP contribution in [0.1, 0.15) is 0 Å². The van der Waals surface area contributed by atoms with E-state index in [9.17, 15) is 0 Å². The van der Waals surface area contributed by atoms with Crippen molar-refractivity contribution in [2.75, 3.05) is 0 Å². The number of para-hydroxylation sites is 1. The molecule has 0 bridgehead atoms. The smallest absolute Gasteiger partial charge is 0.164 e.